The van der Waals surface area contributed by atoms with Gasteiger partial charge in [0.2, 0.25) is 0 Å². The molecule has 1 aliphatic heterocycles. The summed E-state index contributed by atoms with van der Waals surface area (Å²) in [5, 5.41) is 29.1. The van der Waals surface area contributed by atoms with Crippen LogP contribution in [0.25, 0.3) is 0 Å². The van der Waals surface area contributed by atoms with Crippen molar-refractivity contribution in [1.82, 2.24) is 30.8 Å². The standard InChI is InChI=1S/C17H21N9O/c1-19-17(27)16-13(22-8-11-3-2-4-20-7-11)5-14(25-26-16)24-15-10-21-12(6-18)9-23-15/h5,9-11,20H,2-4,7-8H2,1H3,(H,19,27)(H2,22,23,24,25). The number of rotatable bonds is 6. The molecular formula is C17H21N9O. The van der Waals surface area contributed by atoms with Crippen LogP contribution in [0.4, 0.5) is 17.3 Å². The maximum atomic E-state index is 12.1. The molecule has 2 aromatic heterocycles. The van der Waals surface area contributed by atoms with Crippen LogP contribution in [0.2, 0.25) is 0 Å². The molecule has 3 heterocycles. The zero-order valence-corrected chi connectivity index (χ0v) is 15.0. The van der Waals surface area contributed by atoms with Gasteiger partial charge in [-0.25, -0.2) is 9.97 Å². The second-order valence-corrected chi connectivity index (χ2v) is 6.19. The molecule has 10 heteroatoms. The van der Waals surface area contributed by atoms with Gasteiger partial charge in [-0.05, 0) is 31.8 Å². The van der Waals surface area contributed by atoms with Crippen molar-refractivity contribution < 1.29 is 4.79 Å². The number of hydrogen-bond acceptors (Lipinski definition) is 9. The molecule has 0 spiro atoms. The number of aromatic nitrogens is 4. The van der Waals surface area contributed by atoms with Crippen LogP contribution >= 0.6 is 0 Å². The van der Waals surface area contributed by atoms with Crippen LogP contribution in [-0.4, -0.2) is 52.8 Å². The smallest absolute Gasteiger partial charge is 0.273 e. The van der Waals surface area contributed by atoms with Crippen molar-refractivity contribution in [3.63, 3.8) is 0 Å². The third-order valence-corrected chi connectivity index (χ3v) is 4.24. The minimum Gasteiger partial charge on any atom is -0.383 e. The van der Waals surface area contributed by atoms with Crippen LogP contribution in [0.5, 0.6) is 0 Å². The van der Waals surface area contributed by atoms with Crippen LogP contribution in [0.15, 0.2) is 18.5 Å². The number of nitrogens with zero attached hydrogens (tertiary/aromatic N) is 5. The first-order chi connectivity index (χ1) is 13.2. The fourth-order valence-electron chi connectivity index (χ4n) is 2.81. The van der Waals surface area contributed by atoms with E-state index < -0.39 is 0 Å². The normalized spacial score (nSPS) is 16.2. The Morgan fingerprint density at radius 3 is 2.89 bits per heavy atom. The third-order valence-electron chi connectivity index (χ3n) is 4.24. The van der Waals surface area contributed by atoms with Crippen molar-refractivity contribution in [3.8, 4) is 6.07 Å². The van der Waals surface area contributed by atoms with Crippen LogP contribution in [0, 0.1) is 17.2 Å². The van der Waals surface area contributed by atoms with Crippen LogP contribution < -0.4 is 21.3 Å². The topological polar surface area (TPSA) is 141 Å². The Labute approximate surface area is 156 Å². The van der Waals surface area contributed by atoms with Gasteiger partial charge in [0.15, 0.2) is 17.2 Å². The first-order valence-electron chi connectivity index (χ1n) is 8.73. The first kappa shape index (κ1) is 18.5. The molecule has 1 unspecified atom stereocenters. The van der Waals surface area contributed by atoms with Gasteiger partial charge in [0.1, 0.15) is 11.9 Å². The van der Waals surface area contributed by atoms with Gasteiger partial charge in [-0.1, -0.05) is 0 Å². The molecule has 2 aromatic rings. The molecule has 1 aliphatic rings. The Bertz CT molecular complexity index is 825. The summed E-state index contributed by atoms with van der Waals surface area (Å²) in [5.41, 5.74) is 1.06. The molecule has 3 rings (SSSR count). The van der Waals surface area contributed by atoms with Gasteiger partial charge in [0, 0.05) is 19.7 Å². The van der Waals surface area contributed by atoms with Gasteiger partial charge >= 0.3 is 0 Å². The van der Waals surface area contributed by atoms with E-state index in [1.807, 2.05) is 6.07 Å². The van der Waals surface area contributed by atoms with Crippen molar-refractivity contribution in [2.24, 2.45) is 5.92 Å². The van der Waals surface area contributed by atoms with E-state index >= 15 is 0 Å². The fraction of sp³-hybridized carbons (Fsp3) is 0.412. The zero-order chi connectivity index (χ0) is 19.1. The highest BCUT2D eigenvalue weighted by molar-refractivity contribution is 5.97. The Morgan fingerprint density at radius 2 is 2.22 bits per heavy atom. The molecule has 1 saturated heterocycles. The van der Waals surface area contributed by atoms with E-state index in [0.717, 1.165) is 32.5 Å². The fourth-order valence-corrected chi connectivity index (χ4v) is 2.81. The SMILES string of the molecule is CNC(=O)c1nnc(Nc2cnc(C#N)cn2)cc1NCC1CCCNC1. The first-order valence-corrected chi connectivity index (χ1v) is 8.73. The van der Waals surface area contributed by atoms with Gasteiger partial charge in [0.25, 0.3) is 5.91 Å². The highest BCUT2D eigenvalue weighted by Gasteiger charge is 2.17. The lowest BCUT2D eigenvalue weighted by molar-refractivity contribution is 0.0958. The molecule has 0 aliphatic carbocycles. The molecule has 4 N–H and O–H groups in total. The third kappa shape index (κ3) is 4.86. The Morgan fingerprint density at radius 1 is 1.33 bits per heavy atom. The van der Waals surface area contributed by atoms with E-state index in [1.165, 1.54) is 12.4 Å². The summed E-state index contributed by atoms with van der Waals surface area (Å²) in [6.45, 7) is 2.74. The van der Waals surface area contributed by atoms with E-state index in [4.69, 9.17) is 5.26 Å². The largest absolute Gasteiger partial charge is 0.383 e. The van der Waals surface area contributed by atoms with Crippen LogP contribution in [-0.2, 0) is 0 Å². The maximum absolute atomic E-state index is 12.1. The number of nitriles is 1. The molecule has 10 nitrogen and oxygen atoms in total. The number of nitrogens with one attached hydrogen (secondary N) is 4. The summed E-state index contributed by atoms with van der Waals surface area (Å²) in [6.07, 6.45) is 5.09. The van der Waals surface area contributed by atoms with E-state index in [-0.39, 0.29) is 17.3 Å². The summed E-state index contributed by atoms with van der Waals surface area (Å²) >= 11 is 0. The molecular weight excluding hydrogens is 346 g/mol. The average molecular weight is 367 g/mol. The average Bonchev–Trinajstić information content (AvgIpc) is 2.73. The summed E-state index contributed by atoms with van der Waals surface area (Å²) in [5.74, 6) is 1.03. The monoisotopic (exact) mass is 367 g/mol. The van der Waals surface area contributed by atoms with Crippen molar-refractivity contribution in [1.29, 1.82) is 5.26 Å². The number of carbonyl (C=O) groups excluding carboxylic acids is 1. The van der Waals surface area contributed by atoms with Gasteiger partial charge in [-0.3, -0.25) is 4.79 Å². The van der Waals surface area contributed by atoms with Gasteiger partial charge in [0.05, 0.1) is 18.1 Å². The van der Waals surface area contributed by atoms with Crippen molar-refractivity contribution in [3.05, 3.63) is 29.8 Å². The lowest BCUT2D eigenvalue weighted by atomic mass is 9.99. The summed E-state index contributed by atoms with van der Waals surface area (Å²) < 4.78 is 0. The molecule has 0 saturated carbocycles. The van der Waals surface area contributed by atoms with Gasteiger partial charge in [-0.2, -0.15) is 5.26 Å². The van der Waals surface area contributed by atoms with E-state index in [0.29, 0.717) is 23.2 Å². The Balaban J connectivity index is 1.76. The number of hydrogen-bond donors (Lipinski definition) is 4. The summed E-state index contributed by atoms with van der Waals surface area (Å²) in [6, 6.07) is 3.63. The van der Waals surface area contributed by atoms with E-state index in [9.17, 15) is 4.79 Å². The van der Waals surface area contributed by atoms with Crippen LogP contribution in [0.1, 0.15) is 29.0 Å². The molecule has 1 fully saturated rings. The van der Waals surface area contributed by atoms with Crippen LogP contribution in [0.3, 0.4) is 0 Å². The summed E-state index contributed by atoms with van der Waals surface area (Å²) in [4.78, 5) is 20.1. The predicted octanol–water partition coefficient (Wildman–Crippen LogP) is 0.653. The lowest BCUT2D eigenvalue weighted by Gasteiger charge is -2.23. The van der Waals surface area contributed by atoms with Crippen molar-refractivity contribution in [2.75, 3.05) is 37.3 Å². The van der Waals surface area contributed by atoms with Crippen molar-refractivity contribution >= 4 is 23.2 Å². The Kier molecular flexibility index (Phi) is 6.06. The lowest BCUT2D eigenvalue weighted by Crippen LogP contribution is -2.34. The predicted molar refractivity (Wildman–Crippen MR) is 99.5 cm³/mol. The minimum absolute atomic E-state index is 0.227. The Hall–Kier alpha value is -3.32. The molecule has 1 atom stereocenters. The number of carbonyl (C=O) groups is 1. The second kappa shape index (κ2) is 8.86. The van der Waals surface area contributed by atoms with Crippen molar-refractivity contribution in [2.45, 2.75) is 12.8 Å². The molecule has 0 aromatic carbocycles. The highest BCUT2D eigenvalue weighted by atomic mass is 16.1. The molecule has 0 bridgehead atoms. The van der Waals surface area contributed by atoms with Gasteiger partial charge in [-0.15, -0.1) is 10.2 Å². The number of amides is 1. The maximum Gasteiger partial charge on any atom is 0.273 e. The summed E-state index contributed by atoms with van der Waals surface area (Å²) in [7, 11) is 1.55. The number of piperidine rings is 1. The quantitative estimate of drug-likeness (QED) is 0.579. The molecule has 0 radical (unpaired) electrons. The molecule has 1 amide bonds. The molecule has 27 heavy (non-hydrogen) atoms. The minimum atomic E-state index is -0.309. The number of anilines is 3. The molecule has 140 valence electrons. The van der Waals surface area contributed by atoms with E-state index in [1.54, 1.807) is 13.1 Å². The zero-order valence-electron chi connectivity index (χ0n) is 15.0. The second-order valence-electron chi connectivity index (χ2n) is 6.19. The highest BCUT2D eigenvalue weighted by Crippen LogP contribution is 2.20. The van der Waals surface area contributed by atoms with Gasteiger partial charge < -0.3 is 21.3 Å². The van der Waals surface area contributed by atoms with E-state index in [2.05, 4.69) is 41.4 Å².